The van der Waals surface area contributed by atoms with E-state index in [1.165, 1.54) is 25.5 Å². The van der Waals surface area contributed by atoms with Crippen LogP contribution in [0, 0.1) is 0 Å². The van der Waals surface area contributed by atoms with Gasteiger partial charge in [0.1, 0.15) is 6.04 Å². The van der Waals surface area contributed by atoms with E-state index in [-0.39, 0.29) is 12.0 Å². The summed E-state index contributed by atoms with van der Waals surface area (Å²) in [4.78, 5) is 39.9. The molecule has 0 unspecified atom stereocenters. The largest absolute Gasteiger partial charge is 0.380 e. The number of anilines is 5. The summed E-state index contributed by atoms with van der Waals surface area (Å²) in [6, 6.07) is 1.47. The molecule has 3 aromatic rings. The zero-order chi connectivity index (χ0) is 25.2. The van der Waals surface area contributed by atoms with Gasteiger partial charge in [-0.05, 0) is 32.1 Å². The summed E-state index contributed by atoms with van der Waals surface area (Å²) in [5, 5.41) is 13.6. The molecule has 2 saturated heterocycles. The lowest BCUT2D eigenvalue weighted by Gasteiger charge is -2.29. The van der Waals surface area contributed by atoms with Gasteiger partial charge in [0.05, 0.1) is 12.3 Å². The van der Waals surface area contributed by atoms with E-state index >= 15 is 0 Å². The minimum Gasteiger partial charge on any atom is -0.380 e. The average molecular weight is 506 g/mol. The molecular formula is C24H31N11O2. The van der Waals surface area contributed by atoms with Crippen LogP contribution in [0.3, 0.4) is 0 Å². The molecule has 3 aromatic heterocycles. The number of piperidine rings is 1. The van der Waals surface area contributed by atoms with E-state index in [0.29, 0.717) is 48.4 Å². The first-order chi connectivity index (χ1) is 18.2. The van der Waals surface area contributed by atoms with Gasteiger partial charge in [0, 0.05) is 63.2 Å². The second-order valence-corrected chi connectivity index (χ2v) is 9.76. The first kappa shape index (κ1) is 23.5. The van der Waals surface area contributed by atoms with Crippen LogP contribution in [-0.2, 0) is 9.53 Å². The number of carbonyl (C=O) groups excluding carboxylic acids is 1. The number of ether oxygens (including phenoxy) is 1. The highest BCUT2D eigenvalue weighted by atomic mass is 16.5. The third-order valence-electron chi connectivity index (χ3n) is 7.08. The molecule has 194 valence electrons. The molecule has 37 heavy (non-hydrogen) atoms. The van der Waals surface area contributed by atoms with Crippen LogP contribution >= 0.6 is 0 Å². The van der Waals surface area contributed by atoms with Crippen molar-refractivity contribution in [2.24, 2.45) is 0 Å². The van der Waals surface area contributed by atoms with Crippen molar-refractivity contribution >= 4 is 35.4 Å². The molecule has 3 N–H and O–H groups in total. The Bertz CT molecular complexity index is 1230. The molecule has 0 spiro atoms. The zero-order valence-corrected chi connectivity index (χ0v) is 20.8. The van der Waals surface area contributed by atoms with Gasteiger partial charge in [-0.15, -0.1) is 0 Å². The number of nitrogens with one attached hydrogen (secondary N) is 3. The molecule has 0 radical (unpaired) electrons. The molecule has 3 aliphatic rings. The van der Waals surface area contributed by atoms with Crippen molar-refractivity contribution in [3.63, 3.8) is 0 Å². The quantitative estimate of drug-likeness (QED) is 0.413. The number of methoxy groups -OCH3 is 1. The van der Waals surface area contributed by atoms with E-state index in [0.717, 1.165) is 31.6 Å². The van der Waals surface area contributed by atoms with Crippen LogP contribution in [0.25, 0.3) is 0 Å². The lowest BCUT2D eigenvalue weighted by molar-refractivity contribution is -0.117. The highest BCUT2D eigenvalue weighted by Crippen LogP contribution is 2.39. The van der Waals surface area contributed by atoms with Crippen molar-refractivity contribution in [2.45, 2.75) is 56.6 Å². The maximum absolute atomic E-state index is 13.3. The standard InChI is InChI=1S/C24H31N11O2/c1-37-16-11-18(21(36)27-20-13-25-7-8-26-20)35(14-16)24-30-22(28-19-12-17(32-33-19)15-5-6-15)29-23(31-24)34-9-3-2-4-10-34/h7-8,12-13,15-16,18H,2-6,9-11,14H2,1H3,(H,26,27,36)(H2,28,29,30,31,32,33)/t16-,18-/m0/s1. The van der Waals surface area contributed by atoms with Crippen LogP contribution in [0.2, 0.25) is 0 Å². The SMILES string of the molecule is CO[C@H]1C[C@@H](C(=O)Nc2cnccn2)N(c2nc(Nc3cc(C4CC4)[nH]n3)nc(N3CCCCC3)n2)C1. The molecule has 0 aromatic carbocycles. The molecule has 1 saturated carbocycles. The van der Waals surface area contributed by atoms with Crippen LogP contribution in [0.15, 0.2) is 24.7 Å². The van der Waals surface area contributed by atoms with Gasteiger partial charge in [-0.2, -0.15) is 20.1 Å². The first-order valence-corrected chi connectivity index (χ1v) is 12.9. The molecular weight excluding hydrogens is 474 g/mol. The summed E-state index contributed by atoms with van der Waals surface area (Å²) in [7, 11) is 1.65. The molecule has 13 heteroatoms. The lowest BCUT2D eigenvalue weighted by atomic mass is 10.1. The highest BCUT2D eigenvalue weighted by molar-refractivity contribution is 5.96. The normalized spacial score (nSPS) is 21.8. The van der Waals surface area contributed by atoms with Gasteiger partial charge in [0.15, 0.2) is 11.6 Å². The van der Waals surface area contributed by atoms with E-state index in [1.807, 2.05) is 11.0 Å². The summed E-state index contributed by atoms with van der Waals surface area (Å²) < 4.78 is 5.64. The van der Waals surface area contributed by atoms with Gasteiger partial charge < -0.3 is 25.2 Å². The fourth-order valence-corrected chi connectivity index (χ4v) is 4.90. The first-order valence-electron chi connectivity index (χ1n) is 12.9. The third-order valence-corrected chi connectivity index (χ3v) is 7.08. The molecule has 2 atom stereocenters. The van der Waals surface area contributed by atoms with Crippen LogP contribution in [0.4, 0.5) is 29.5 Å². The Morgan fingerprint density at radius 1 is 1.08 bits per heavy atom. The molecule has 1 amide bonds. The number of hydrogen-bond donors (Lipinski definition) is 3. The average Bonchev–Trinajstić information content (AvgIpc) is 3.52. The van der Waals surface area contributed by atoms with Crippen LogP contribution in [-0.4, -0.2) is 79.9 Å². The molecule has 13 nitrogen and oxygen atoms in total. The van der Waals surface area contributed by atoms with Crippen molar-refractivity contribution in [1.82, 2.24) is 35.1 Å². The number of aromatic nitrogens is 7. The Morgan fingerprint density at radius 3 is 2.68 bits per heavy atom. The molecule has 5 heterocycles. The van der Waals surface area contributed by atoms with Crippen LogP contribution < -0.4 is 20.4 Å². The fraction of sp³-hybridized carbons (Fsp3) is 0.542. The van der Waals surface area contributed by atoms with E-state index in [2.05, 4.69) is 35.7 Å². The minimum absolute atomic E-state index is 0.142. The second-order valence-electron chi connectivity index (χ2n) is 9.76. The summed E-state index contributed by atoms with van der Waals surface area (Å²) in [5.74, 6) is 2.82. The van der Waals surface area contributed by atoms with E-state index in [1.54, 1.807) is 19.5 Å². The van der Waals surface area contributed by atoms with Gasteiger partial charge in [-0.1, -0.05) is 0 Å². The number of rotatable bonds is 8. The van der Waals surface area contributed by atoms with Crippen molar-refractivity contribution in [3.05, 3.63) is 30.4 Å². The lowest BCUT2D eigenvalue weighted by Crippen LogP contribution is -2.41. The number of amides is 1. The van der Waals surface area contributed by atoms with Crippen LogP contribution in [0.1, 0.15) is 50.1 Å². The van der Waals surface area contributed by atoms with E-state index < -0.39 is 6.04 Å². The number of carbonyl (C=O) groups is 1. The Labute approximate surface area is 214 Å². The number of H-pyrrole nitrogens is 1. The number of nitrogens with zero attached hydrogens (tertiary/aromatic N) is 8. The maximum atomic E-state index is 13.3. The van der Waals surface area contributed by atoms with Gasteiger partial charge in [0.25, 0.3) is 0 Å². The highest BCUT2D eigenvalue weighted by Gasteiger charge is 2.39. The van der Waals surface area contributed by atoms with Crippen molar-refractivity contribution in [3.8, 4) is 0 Å². The monoisotopic (exact) mass is 505 g/mol. The Hall–Kier alpha value is -3.87. The smallest absolute Gasteiger partial charge is 0.248 e. The topological polar surface area (TPSA) is 150 Å². The van der Waals surface area contributed by atoms with E-state index in [9.17, 15) is 4.79 Å². The van der Waals surface area contributed by atoms with Crippen molar-refractivity contribution in [2.75, 3.05) is 47.2 Å². The predicted molar refractivity (Wildman–Crippen MR) is 137 cm³/mol. The Kier molecular flexibility index (Phi) is 6.51. The van der Waals surface area contributed by atoms with Gasteiger partial charge in [-0.3, -0.25) is 14.9 Å². The minimum atomic E-state index is -0.539. The summed E-state index contributed by atoms with van der Waals surface area (Å²) in [6.07, 6.45) is 10.7. The van der Waals surface area contributed by atoms with Gasteiger partial charge >= 0.3 is 0 Å². The van der Waals surface area contributed by atoms with Crippen LogP contribution in [0.5, 0.6) is 0 Å². The summed E-state index contributed by atoms with van der Waals surface area (Å²) in [6.45, 7) is 2.25. The summed E-state index contributed by atoms with van der Waals surface area (Å²) in [5.41, 5.74) is 1.12. The Balaban J connectivity index is 1.30. The second kappa shape index (κ2) is 10.2. The van der Waals surface area contributed by atoms with Gasteiger partial charge in [-0.25, -0.2) is 4.98 Å². The Morgan fingerprint density at radius 2 is 1.92 bits per heavy atom. The number of aromatic amines is 1. The molecule has 1 aliphatic carbocycles. The molecule has 3 fully saturated rings. The maximum Gasteiger partial charge on any atom is 0.248 e. The number of hydrogen-bond acceptors (Lipinski definition) is 11. The molecule has 2 aliphatic heterocycles. The van der Waals surface area contributed by atoms with Crippen molar-refractivity contribution < 1.29 is 9.53 Å². The van der Waals surface area contributed by atoms with Gasteiger partial charge in [0.2, 0.25) is 23.8 Å². The zero-order valence-electron chi connectivity index (χ0n) is 20.8. The predicted octanol–water partition coefficient (Wildman–Crippen LogP) is 2.23. The molecule has 6 rings (SSSR count). The van der Waals surface area contributed by atoms with Crippen molar-refractivity contribution in [1.29, 1.82) is 0 Å². The van der Waals surface area contributed by atoms with E-state index in [4.69, 9.17) is 19.7 Å². The fourth-order valence-electron chi connectivity index (χ4n) is 4.90. The summed E-state index contributed by atoms with van der Waals surface area (Å²) >= 11 is 0. The third kappa shape index (κ3) is 5.31. The molecule has 0 bridgehead atoms.